The molecule has 250 valence electrons. The topological polar surface area (TPSA) is 35.1 Å². The van der Waals surface area contributed by atoms with Crippen LogP contribution in [0.25, 0.3) is 122 Å². The van der Waals surface area contributed by atoms with Crippen LogP contribution >= 0.6 is 0 Å². The summed E-state index contributed by atoms with van der Waals surface area (Å²) < 4.78 is 4.79. The molecule has 0 radical (unpaired) electrons. The standard InChI is InChI=1S/C50H30N4/c1-3-33-34(4-2)45-39-21-13-20-38-43-35-17-8-7-15-30(35)26-27-42(43)53(47(38)39)48(45)49-44(33)37-19-10-12-23-41(37)54(49)50-51-40-22-11-9-18-36(40)46(52-50)32-25-24-29-14-5-6-16-31(29)28-32/h3-28H,1-2H2. The van der Waals surface area contributed by atoms with Crippen molar-refractivity contribution in [3.63, 3.8) is 0 Å². The van der Waals surface area contributed by atoms with Crippen molar-refractivity contribution in [2.75, 3.05) is 0 Å². The highest BCUT2D eigenvalue weighted by Gasteiger charge is 2.28. The zero-order chi connectivity index (χ0) is 35.7. The van der Waals surface area contributed by atoms with Crippen LogP contribution in [-0.4, -0.2) is 18.9 Å². The van der Waals surface area contributed by atoms with Gasteiger partial charge < -0.3 is 4.40 Å². The Morgan fingerprint density at radius 2 is 1.07 bits per heavy atom. The molecule has 8 aromatic carbocycles. The predicted molar refractivity (Wildman–Crippen MR) is 229 cm³/mol. The molecule has 0 saturated carbocycles. The molecule has 12 aromatic rings. The minimum Gasteiger partial charge on any atom is -0.306 e. The normalized spacial score (nSPS) is 12.2. The molecular formula is C50H30N4. The predicted octanol–water partition coefficient (Wildman–Crippen LogP) is 13.1. The summed E-state index contributed by atoms with van der Waals surface area (Å²) in [4.78, 5) is 10.9. The van der Waals surface area contributed by atoms with Gasteiger partial charge in [-0.2, -0.15) is 0 Å². The quantitative estimate of drug-likeness (QED) is 0.185. The lowest BCUT2D eigenvalue weighted by molar-refractivity contribution is 1.01. The first-order chi connectivity index (χ1) is 26.7. The van der Waals surface area contributed by atoms with Crippen LogP contribution in [0.15, 0.2) is 159 Å². The molecule has 0 aliphatic heterocycles. The van der Waals surface area contributed by atoms with Crippen molar-refractivity contribution in [2.24, 2.45) is 0 Å². The molecule has 12 rings (SSSR count). The van der Waals surface area contributed by atoms with Gasteiger partial charge in [-0.1, -0.05) is 147 Å². The Balaban J connectivity index is 1.33. The highest BCUT2D eigenvalue weighted by molar-refractivity contribution is 6.34. The van der Waals surface area contributed by atoms with E-state index in [9.17, 15) is 0 Å². The van der Waals surface area contributed by atoms with Crippen LogP contribution in [-0.2, 0) is 0 Å². The van der Waals surface area contributed by atoms with Gasteiger partial charge in [-0.15, -0.1) is 0 Å². The van der Waals surface area contributed by atoms with E-state index in [4.69, 9.17) is 9.97 Å². The first kappa shape index (κ1) is 29.3. The number of hydrogen-bond acceptors (Lipinski definition) is 2. The van der Waals surface area contributed by atoms with Gasteiger partial charge in [-0.3, -0.25) is 4.57 Å². The lowest BCUT2D eigenvalue weighted by atomic mass is 9.94. The van der Waals surface area contributed by atoms with Crippen molar-refractivity contribution in [1.82, 2.24) is 18.9 Å². The van der Waals surface area contributed by atoms with Crippen molar-refractivity contribution < 1.29 is 0 Å². The van der Waals surface area contributed by atoms with Gasteiger partial charge >= 0.3 is 0 Å². The molecule has 0 unspecified atom stereocenters. The fraction of sp³-hybridized carbons (Fsp3) is 0. The van der Waals surface area contributed by atoms with E-state index in [-0.39, 0.29) is 0 Å². The summed E-state index contributed by atoms with van der Waals surface area (Å²) in [7, 11) is 0. The van der Waals surface area contributed by atoms with E-state index in [0.717, 1.165) is 66.0 Å². The lowest BCUT2D eigenvalue weighted by Gasteiger charge is -2.14. The van der Waals surface area contributed by atoms with Gasteiger partial charge in [0.05, 0.1) is 38.8 Å². The molecule has 0 spiro atoms. The molecule has 4 heterocycles. The highest BCUT2D eigenvalue weighted by atomic mass is 15.2. The second-order valence-electron chi connectivity index (χ2n) is 14.2. The number of aromatic nitrogens is 4. The Morgan fingerprint density at radius 1 is 0.444 bits per heavy atom. The summed E-state index contributed by atoms with van der Waals surface area (Å²) in [6.07, 6.45) is 4.01. The molecule has 4 aromatic heterocycles. The van der Waals surface area contributed by atoms with Gasteiger partial charge in [0.2, 0.25) is 5.95 Å². The van der Waals surface area contributed by atoms with Crippen LogP contribution in [0.4, 0.5) is 0 Å². The van der Waals surface area contributed by atoms with Crippen LogP contribution in [0.3, 0.4) is 0 Å². The molecule has 0 saturated heterocycles. The third-order valence-corrected chi connectivity index (χ3v) is 11.6. The summed E-state index contributed by atoms with van der Waals surface area (Å²) >= 11 is 0. The number of nitrogens with zero attached hydrogens (tertiary/aromatic N) is 4. The minimum atomic E-state index is 0.626. The molecule has 0 bridgehead atoms. The van der Waals surface area contributed by atoms with E-state index in [1.54, 1.807) is 0 Å². The molecule has 0 aliphatic carbocycles. The molecule has 0 aliphatic rings. The van der Waals surface area contributed by atoms with E-state index in [1.165, 1.54) is 48.7 Å². The third kappa shape index (κ3) is 3.66. The Kier molecular flexibility index (Phi) is 5.76. The summed E-state index contributed by atoms with van der Waals surface area (Å²) in [5, 5.41) is 12.9. The van der Waals surface area contributed by atoms with E-state index >= 15 is 0 Å². The molecule has 0 amide bonds. The molecular weight excluding hydrogens is 657 g/mol. The van der Waals surface area contributed by atoms with Crippen LogP contribution in [0.2, 0.25) is 0 Å². The molecule has 4 nitrogen and oxygen atoms in total. The van der Waals surface area contributed by atoms with E-state index in [0.29, 0.717) is 5.95 Å². The van der Waals surface area contributed by atoms with E-state index in [2.05, 4.69) is 168 Å². The van der Waals surface area contributed by atoms with Gasteiger partial charge in [-0.05, 0) is 56.9 Å². The van der Waals surface area contributed by atoms with Gasteiger partial charge in [0.15, 0.2) is 0 Å². The number of benzene rings is 8. The number of fused-ring (bicyclic) bond motifs is 14. The largest absolute Gasteiger partial charge is 0.306 e. The second-order valence-corrected chi connectivity index (χ2v) is 14.2. The number of para-hydroxylation sites is 3. The zero-order valence-electron chi connectivity index (χ0n) is 29.2. The first-order valence-corrected chi connectivity index (χ1v) is 18.3. The van der Waals surface area contributed by atoms with Crippen molar-refractivity contribution in [3.8, 4) is 17.2 Å². The monoisotopic (exact) mass is 686 g/mol. The Hall–Kier alpha value is -7.30. The molecule has 54 heavy (non-hydrogen) atoms. The average molecular weight is 687 g/mol. The van der Waals surface area contributed by atoms with Crippen molar-refractivity contribution in [1.29, 1.82) is 0 Å². The highest BCUT2D eigenvalue weighted by Crippen LogP contribution is 2.49. The molecule has 0 atom stereocenters. The Labute approximate surface area is 309 Å². The summed E-state index contributed by atoms with van der Waals surface area (Å²) in [5.41, 5.74) is 10.6. The average Bonchev–Trinajstić information content (AvgIpc) is 3.88. The first-order valence-electron chi connectivity index (χ1n) is 18.3. The van der Waals surface area contributed by atoms with Crippen LogP contribution < -0.4 is 0 Å². The number of rotatable bonds is 4. The number of hydrogen-bond donors (Lipinski definition) is 0. The molecule has 0 N–H and O–H groups in total. The smallest absolute Gasteiger partial charge is 0.235 e. The maximum absolute atomic E-state index is 5.53. The minimum absolute atomic E-state index is 0.626. The summed E-state index contributed by atoms with van der Waals surface area (Å²) in [5.74, 6) is 0.626. The summed E-state index contributed by atoms with van der Waals surface area (Å²) in [6, 6.07) is 52.0. The maximum Gasteiger partial charge on any atom is 0.235 e. The van der Waals surface area contributed by atoms with E-state index < -0.39 is 0 Å². The summed E-state index contributed by atoms with van der Waals surface area (Å²) in [6.45, 7) is 8.79. The fourth-order valence-electron chi connectivity index (χ4n) is 9.37. The maximum atomic E-state index is 5.53. The van der Waals surface area contributed by atoms with Crippen LogP contribution in [0.1, 0.15) is 11.1 Å². The van der Waals surface area contributed by atoms with Gasteiger partial charge in [0, 0.05) is 43.3 Å². The SMILES string of the molecule is C=Cc1c(C=C)c2c3cccc4c5c6ccccc6ccc5n(c34)c2c2c1c1ccccc1n2-c1nc(-c2ccc3ccccc3c2)c2ccccc2n1. The second kappa shape index (κ2) is 10.6. The zero-order valence-corrected chi connectivity index (χ0v) is 29.2. The van der Waals surface area contributed by atoms with Crippen LogP contribution in [0.5, 0.6) is 0 Å². The third-order valence-electron chi connectivity index (χ3n) is 11.6. The Morgan fingerprint density at radius 3 is 1.89 bits per heavy atom. The van der Waals surface area contributed by atoms with E-state index in [1.807, 2.05) is 12.2 Å². The van der Waals surface area contributed by atoms with Gasteiger partial charge in [0.25, 0.3) is 0 Å². The van der Waals surface area contributed by atoms with Gasteiger partial charge in [-0.25, -0.2) is 9.97 Å². The fourth-order valence-corrected chi connectivity index (χ4v) is 9.37. The van der Waals surface area contributed by atoms with Crippen molar-refractivity contribution in [2.45, 2.75) is 0 Å². The van der Waals surface area contributed by atoms with Crippen LogP contribution in [0, 0.1) is 0 Å². The Bertz CT molecular complexity index is 3600. The lowest BCUT2D eigenvalue weighted by Crippen LogP contribution is -2.04. The van der Waals surface area contributed by atoms with Crippen molar-refractivity contribution >= 4 is 105 Å². The van der Waals surface area contributed by atoms with Crippen molar-refractivity contribution in [3.05, 3.63) is 170 Å². The molecule has 4 heteroatoms. The van der Waals surface area contributed by atoms with Gasteiger partial charge in [0.1, 0.15) is 0 Å². The molecule has 0 fully saturated rings.